The highest BCUT2D eigenvalue weighted by Gasteiger charge is 2.40. The van der Waals surface area contributed by atoms with Gasteiger partial charge in [0.2, 0.25) is 0 Å². The molecule has 0 aliphatic carbocycles. The molecule has 47 heavy (non-hydrogen) atoms. The molecule has 1 aromatic carbocycles. The normalized spacial score (nSPS) is 14.0. The fourth-order valence-corrected chi connectivity index (χ4v) is 7.47. The van der Waals surface area contributed by atoms with Crippen LogP contribution in [0.4, 0.5) is 5.69 Å². The van der Waals surface area contributed by atoms with Crippen LogP contribution in [0.15, 0.2) is 71.7 Å². The summed E-state index contributed by atoms with van der Waals surface area (Å²) in [5.74, 6) is 1.15. The molecule has 5 heteroatoms. The molecule has 0 aliphatic heterocycles. The van der Waals surface area contributed by atoms with Gasteiger partial charge in [-0.1, -0.05) is 102 Å². The lowest BCUT2D eigenvalue weighted by atomic mass is 9.65. The maximum atomic E-state index is 10.4. The Bertz CT molecular complexity index is 1200. The molecular formula is C42H69NO3S. The Morgan fingerprint density at radius 1 is 1.00 bits per heavy atom. The van der Waals surface area contributed by atoms with Gasteiger partial charge in [0, 0.05) is 34.7 Å². The average Bonchev–Trinajstić information content (AvgIpc) is 2.98. The van der Waals surface area contributed by atoms with Crippen LogP contribution in [0.1, 0.15) is 132 Å². The van der Waals surface area contributed by atoms with Crippen LogP contribution >= 0.6 is 11.8 Å². The van der Waals surface area contributed by atoms with Crippen LogP contribution in [0, 0.1) is 16.7 Å². The van der Waals surface area contributed by atoms with E-state index in [0.717, 1.165) is 99.1 Å². The number of thioether (sulfide) groups is 1. The Morgan fingerprint density at radius 3 is 2.19 bits per heavy atom. The molecule has 0 fully saturated rings. The van der Waals surface area contributed by atoms with Crippen molar-refractivity contribution in [2.24, 2.45) is 16.7 Å². The average molecular weight is 668 g/mol. The van der Waals surface area contributed by atoms with Crippen LogP contribution in [0.5, 0.6) is 5.75 Å². The molecule has 1 aromatic rings. The van der Waals surface area contributed by atoms with Crippen LogP contribution in [-0.4, -0.2) is 36.7 Å². The minimum atomic E-state index is -1.30. The van der Waals surface area contributed by atoms with Gasteiger partial charge in [-0.3, -0.25) is 0 Å². The maximum absolute atomic E-state index is 10.4. The molecule has 2 N–H and O–H groups in total. The van der Waals surface area contributed by atoms with E-state index in [4.69, 9.17) is 4.74 Å². The number of nitrogens with zero attached hydrogens (tertiary/aromatic N) is 1. The first kappa shape index (κ1) is 42.8. The first-order chi connectivity index (χ1) is 22.0. The number of anilines is 1. The van der Waals surface area contributed by atoms with Gasteiger partial charge in [-0.05, 0) is 119 Å². The zero-order chi connectivity index (χ0) is 35.8. The van der Waals surface area contributed by atoms with Gasteiger partial charge in [0.15, 0.2) is 6.29 Å². The second-order valence-corrected chi connectivity index (χ2v) is 16.1. The summed E-state index contributed by atoms with van der Waals surface area (Å²) < 4.78 is 5.80. The first-order valence-corrected chi connectivity index (χ1v) is 18.7. The van der Waals surface area contributed by atoms with Crippen LogP contribution in [-0.2, 0) is 0 Å². The van der Waals surface area contributed by atoms with E-state index >= 15 is 0 Å². The molecular weight excluding hydrogens is 599 g/mol. The molecule has 0 saturated carbocycles. The minimum absolute atomic E-state index is 0.0382. The number of hydrogen-bond acceptors (Lipinski definition) is 5. The van der Waals surface area contributed by atoms with E-state index in [0.29, 0.717) is 5.92 Å². The van der Waals surface area contributed by atoms with Crippen molar-refractivity contribution in [3.8, 4) is 5.75 Å². The van der Waals surface area contributed by atoms with Gasteiger partial charge in [0.1, 0.15) is 5.75 Å². The summed E-state index contributed by atoms with van der Waals surface area (Å²) in [6.45, 7) is 34.8. The van der Waals surface area contributed by atoms with Crippen molar-refractivity contribution in [2.45, 2.75) is 133 Å². The maximum Gasteiger partial charge on any atom is 0.157 e. The predicted octanol–water partition coefficient (Wildman–Crippen LogP) is 12.1. The number of aliphatic hydroxyl groups is 2. The van der Waals surface area contributed by atoms with Crippen molar-refractivity contribution < 1.29 is 14.9 Å². The highest BCUT2D eigenvalue weighted by atomic mass is 32.2. The van der Waals surface area contributed by atoms with Crippen molar-refractivity contribution in [3.63, 3.8) is 0 Å². The number of ether oxygens (including phenoxy) is 1. The quantitative estimate of drug-likeness (QED) is 0.0691. The third kappa shape index (κ3) is 14.8. The summed E-state index contributed by atoms with van der Waals surface area (Å²) in [7, 11) is 1.73. The molecule has 2 atom stereocenters. The number of rotatable bonds is 23. The van der Waals surface area contributed by atoms with Gasteiger partial charge < -0.3 is 19.8 Å². The Kier molecular flexibility index (Phi) is 19.1. The summed E-state index contributed by atoms with van der Waals surface area (Å²) in [4.78, 5) is 4.66. The third-order valence-corrected chi connectivity index (χ3v) is 10.4. The summed E-state index contributed by atoms with van der Waals surface area (Å²) in [6, 6.07) is 6.46. The molecule has 0 aliphatic rings. The van der Waals surface area contributed by atoms with Gasteiger partial charge in [0.05, 0.1) is 7.11 Å². The van der Waals surface area contributed by atoms with E-state index in [1.807, 2.05) is 6.92 Å². The topological polar surface area (TPSA) is 52.9 Å². The summed E-state index contributed by atoms with van der Waals surface area (Å²) >= 11 is 1.71. The lowest BCUT2D eigenvalue weighted by molar-refractivity contribution is -0.153. The van der Waals surface area contributed by atoms with Gasteiger partial charge in [-0.25, -0.2) is 0 Å². The summed E-state index contributed by atoms with van der Waals surface area (Å²) in [6.07, 6.45) is 12.3. The third-order valence-electron chi connectivity index (χ3n) is 9.32. The Labute approximate surface area is 294 Å². The SMILES string of the molecule is C=C(C)/C=C(/CCCC(=C)C[C@@H](C[C@@](CC)(CCC)C(O)O)C(C)(C)C)SC(=C)c1cc(N(CCC)CCC=C(C)C)ccc1OC. The lowest BCUT2D eigenvalue weighted by Gasteiger charge is -2.42. The van der Waals surface area contributed by atoms with Crippen molar-refractivity contribution in [1.29, 1.82) is 0 Å². The van der Waals surface area contributed by atoms with E-state index in [9.17, 15) is 10.2 Å². The van der Waals surface area contributed by atoms with Crippen molar-refractivity contribution in [2.75, 3.05) is 25.1 Å². The van der Waals surface area contributed by atoms with E-state index < -0.39 is 11.7 Å². The molecule has 0 radical (unpaired) electrons. The second-order valence-electron chi connectivity index (χ2n) is 14.8. The highest BCUT2D eigenvalue weighted by Crippen LogP contribution is 2.46. The smallest absolute Gasteiger partial charge is 0.157 e. The number of methoxy groups -OCH3 is 1. The van der Waals surface area contributed by atoms with E-state index in [1.165, 1.54) is 21.7 Å². The molecule has 1 rings (SSSR count). The largest absolute Gasteiger partial charge is 0.496 e. The van der Waals surface area contributed by atoms with Gasteiger partial charge >= 0.3 is 0 Å². The fraction of sp³-hybridized carbons (Fsp3) is 0.619. The van der Waals surface area contributed by atoms with Crippen molar-refractivity contribution in [3.05, 3.63) is 77.3 Å². The first-order valence-electron chi connectivity index (χ1n) is 17.9. The predicted molar refractivity (Wildman–Crippen MR) is 210 cm³/mol. The van der Waals surface area contributed by atoms with Gasteiger partial charge in [-0.2, -0.15) is 0 Å². The van der Waals surface area contributed by atoms with Crippen molar-refractivity contribution in [1.82, 2.24) is 0 Å². The number of hydrogen-bond donors (Lipinski definition) is 2. The Balaban J connectivity index is 3.09. The van der Waals surface area contributed by atoms with E-state index in [-0.39, 0.29) is 5.41 Å². The van der Waals surface area contributed by atoms with Gasteiger partial charge in [-0.15, -0.1) is 0 Å². The van der Waals surface area contributed by atoms with Crippen LogP contribution in [0.2, 0.25) is 0 Å². The standard InChI is InChI=1S/C42H69NO3S/c1-14-24-42(16-3,40(44)45)30-35(41(10,11)12)28-33(8)20-17-21-37(27-32(6)7)47-34(9)38-29-36(22-23-39(38)46-13)43(25-15-2)26-18-19-31(4)5/h19,22-23,27,29,35,40,44-45H,6,8-9,14-18,20-21,24-26,28,30H2,1-5,7,10-13H3/b37-27-/t35-,42+/m0/s1. The zero-order valence-electron chi connectivity index (χ0n) is 31.8. The number of allylic oxidation sites excluding steroid dienone is 5. The molecule has 0 spiro atoms. The van der Waals surface area contributed by atoms with Crippen LogP contribution in [0.25, 0.3) is 4.91 Å². The van der Waals surface area contributed by atoms with Crippen LogP contribution < -0.4 is 9.64 Å². The molecule has 0 saturated heterocycles. The number of aliphatic hydroxyl groups excluding tert-OH is 1. The van der Waals surface area contributed by atoms with Crippen LogP contribution in [0.3, 0.4) is 0 Å². The molecule has 0 aromatic heterocycles. The monoisotopic (exact) mass is 667 g/mol. The minimum Gasteiger partial charge on any atom is -0.496 e. The van der Waals surface area contributed by atoms with Gasteiger partial charge in [0.25, 0.3) is 0 Å². The van der Waals surface area contributed by atoms with Crippen molar-refractivity contribution >= 4 is 22.4 Å². The Hall–Kier alpha value is -2.21. The summed E-state index contributed by atoms with van der Waals surface area (Å²) in [5.41, 5.74) is 5.40. The summed E-state index contributed by atoms with van der Waals surface area (Å²) in [5, 5.41) is 20.8. The number of benzene rings is 1. The van der Waals surface area contributed by atoms with E-state index in [1.54, 1.807) is 18.9 Å². The molecule has 266 valence electrons. The second kappa shape index (κ2) is 21.0. The molecule has 0 heterocycles. The molecule has 4 nitrogen and oxygen atoms in total. The fourth-order valence-electron chi connectivity index (χ4n) is 6.38. The Morgan fingerprint density at radius 2 is 1.68 bits per heavy atom. The molecule has 0 bridgehead atoms. The van der Waals surface area contributed by atoms with E-state index in [2.05, 4.69) is 110 Å². The molecule has 0 unspecified atom stereocenters. The molecule has 0 amide bonds. The lowest BCUT2D eigenvalue weighted by Crippen LogP contribution is -2.39. The zero-order valence-corrected chi connectivity index (χ0v) is 32.6. The highest BCUT2D eigenvalue weighted by molar-refractivity contribution is 8.11.